The van der Waals surface area contributed by atoms with Crippen molar-refractivity contribution in [3.63, 3.8) is 0 Å². The number of carboxylic acid groups (broad SMARTS) is 1. The third kappa shape index (κ3) is 5.05. The number of aryl methyl sites for hydroxylation is 1. The minimum Gasteiger partial charge on any atom is -0.480 e. The third-order valence-corrected chi connectivity index (χ3v) is 3.48. The van der Waals surface area contributed by atoms with Crippen LogP contribution in [0.4, 0.5) is 4.39 Å². The van der Waals surface area contributed by atoms with Crippen LogP contribution in [0.15, 0.2) is 60.7 Å². The summed E-state index contributed by atoms with van der Waals surface area (Å²) in [5.74, 6) is -2.66. The van der Waals surface area contributed by atoms with E-state index in [1.54, 1.807) is 48.5 Å². The maximum absolute atomic E-state index is 14.0. The average molecular weight is 327 g/mol. The minimum absolute atomic E-state index is 0.127. The average Bonchev–Trinajstić information content (AvgIpc) is 2.55. The molecule has 1 atom stereocenters. The Bertz CT molecular complexity index is 739. The number of hydrogen-bond acceptors (Lipinski definition) is 2. The Balaban J connectivity index is 2.06. The van der Waals surface area contributed by atoms with Crippen molar-refractivity contribution >= 4 is 17.7 Å². The van der Waals surface area contributed by atoms with Gasteiger partial charge in [-0.15, -0.1) is 0 Å². The molecular weight excluding hydrogens is 309 g/mol. The predicted molar refractivity (Wildman–Crippen MR) is 90.0 cm³/mol. The van der Waals surface area contributed by atoms with Crippen molar-refractivity contribution in [2.45, 2.75) is 19.4 Å². The van der Waals surface area contributed by atoms with Gasteiger partial charge in [-0.2, -0.15) is 0 Å². The molecule has 24 heavy (non-hydrogen) atoms. The molecule has 0 aromatic heterocycles. The van der Waals surface area contributed by atoms with Gasteiger partial charge in [-0.25, -0.2) is 9.18 Å². The molecule has 1 amide bonds. The highest BCUT2D eigenvalue weighted by atomic mass is 19.1. The monoisotopic (exact) mass is 327 g/mol. The zero-order chi connectivity index (χ0) is 17.5. The first-order valence-corrected chi connectivity index (χ1v) is 7.47. The van der Waals surface area contributed by atoms with E-state index >= 15 is 0 Å². The van der Waals surface area contributed by atoms with Crippen LogP contribution in [0, 0.1) is 6.92 Å². The van der Waals surface area contributed by atoms with Gasteiger partial charge in [0.1, 0.15) is 11.9 Å². The molecule has 0 fully saturated rings. The van der Waals surface area contributed by atoms with E-state index in [1.807, 2.05) is 13.0 Å². The van der Waals surface area contributed by atoms with Crippen LogP contribution in [0.5, 0.6) is 0 Å². The number of benzene rings is 2. The van der Waals surface area contributed by atoms with E-state index in [-0.39, 0.29) is 12.0 Å². The SMILES string of the molecule is Cc1ccc(C(F)=CC(=O)N[C@@H](Cc2ccccc2)C(=O)O)cc1. The first kappa shape index (κ1) is 17.4. The van der Waals surface area contributed by atoms with Gasteiger partial charge in [-0.1, -0.05) is 60.2 Å². The molecular formula is C19H18FNO3. The highest BCUT2D eigenvalue weighted by Gasteiger charge is 2.20. The van der Waals surface area contributed by atoms with E-state index in [9.17, 15) is 19.1 Å². The van der Waals surface area contributed by atoms with Crippen LogP contribution in [0.1, 0.15) is 16.7 Å². The van der Waals surface area contributed by atoms with E-state index in [0.717, 1.165) is 17.2 Å². The van der Waals surface area contributed by atoms with Crippen LogP contribution >= 0.6 is 0 Å². The molecule has 0 spiro atoms. The maximum Gasteiger partial charge on any atom is 0.326 e. The summed E-state index contributed by atoms with van der Waals surface area (Å²) in [6, 6.07) is 14.4. The van der Waals surface area contributed by atoms with Crippen LogP contribution in [-0.4, -0.2) is 23.0 Å². The summed E-state index contributed by atoms with van der Waals surface area (Å²) >= 11 is 0. The Kier molecular flexibility index (Phi) is 5.84. The number of nitrogens with one attached hydrogen (secondary N) is 1. The van der Waals surface area contributed by atoms with Gasteiger partial charge in [-0.05, 0) is 12.5 Å². The molecule has 0 aliphatic heterocycles. The summed E-state index contributed by atoms with van der Waals surface area (Å²) in [5.41, 5.74) is 2.02. The van der Waals surface area contributed by atoms with Gasteiger partial charge in [0.15, 0.2) is 0 Å². The summed E-state index contributed by atoms with van der Waals surface area (Å²) < 4.78 is 14.0. The highest BCUT2D eigenvalue weighted by Crippen LogP contribution is 2.16. The van der Waals surface area contributed by atoms with Crippen molar-refractivity contribution in [3.8, 4) is 0 Å². The van der Waals surface area contributed by atoms with Gasteiger partial charge in [-0.3, -0.25) is 4.79 Å². The fraction of sp³-hybridized carbons (Fsp3) is 0.158. The third-order valence-electron chi connectivity index (χ3n) is 3.48. The number of aliphatic carboxylic acids is 1. The number of amides is 1. The smallest absolute Gasteiger partial charge is 0.326 e. The van der Waals surface area contributed by atoms with Crippen molar-refractivity contribution in [1.29, 1.82) is 0 Å². The lowest BCUT2D eigenvalue weighted by atomic mass is 10.1. The Morgan fingerprint density at radius 2 is 1.75 bits per heavy atom. The number of carbonyl (C=O) groups is 2. The molecule has 2 aromatic rings. The summed E-state index contributed by atoms with van der Waals surface area (Å²) in [6.07, 6.45) is 0.896. The number of carboxylic acids is 1. The van der Waals surface area contributed by atoms with Gasteiger partial charge in [0.05, 0.1) is 0 Å². The van der Waals surface area contributed by atoms with E-state index in [2.05, 4.69) is 5.32 Å². The van der Waals surface area contributed by atoms with Gasteiger partial charge in [0.2, 0.25) is 5.91 Å². The van der Waals surface area contributed by atoms with Crippen molar-refractivity contribution < 1.29 is 19.1 Å². The van der Waals surface area contributed by atoms with Crippen LogP contribution < -0.4 is 5.32 Å². The first-order valence-electron chi connectivity index (χ1n) is 7.47. The molecule has 124 valence electrons. The van der Waals surface area contributed by atoms with Crippen molar-refractivity contribution in [2.24, 2.45) is 0 Å². The molecule has 0 aliphatic carbocycles. The fourth-order valence-corrected chi connectivity index (χ4v) is 2.17. The second-order valence-corrected chi connectivity index (χ2v) is 5.45. The van der Waals surface area contributed by atoms with Crippen LogP contribution in [0.25, 0.3) is 5.83 Å². The van der Waals surface area contributed by atoms with Crippen LogP contribution in [0.3, 0.4) is 0 Å². The number of carbonyl (C=O) groups excluding carboxylic acids is 1. The molecule has 2 N–H and O–H groups in total. The largest absolute Gasteiger partial charge is 0.480 e. The van der Waals surface area contributed by atoms with E-state index in [0.29, 0.717) is 0 Å². The maximum atomic E-state index is 14.0. The van der Waals surface area contributed by atoms with Crippen molar-refractivity contribution in [2.75, 3.05) is 0 Å². The molecule has 0 saturated carbocycles. The molecule has 0 aliphatic rings. The van der Waals surface area contributed by atoms with Crippen molar-refractivity contribution in [3.05, 3.63) is 77.4 Å². The molecule has 0 unspecified atom stereocenters. The molecule has 0 radical (unpaired) electrons. The topological polar surface area (TPSA) is 66.4 Å². The zero-order valence-electron chi connectivity index (χ0n) is 13.2. The Morgan fingerprint density at radius 1 is 1.12 bits per heavy atom. The highest BCUT2D eigenvalue weighted by molar-refractivity contribution is 5.96. The van der Waals surface area contributed by atoms with Gasteiger partial charge >= 0.3 is 5.97 Å². The van der Waals surface area contributed by atoms with E-state index in [4.69, 9.17) is 0 Å². The normalized spacial score (nSPS) is 12.5. The molecule has 5 heteroatoms. The lowest BCUT2D eigenvalue weighted by Crippen LogP contribution is -2.41. The Hall–Kier alpha value is -2.95. The van der Waals surface area contributed by atoms with Gasteiger partial charge in [0, 0.05) is 18.1 Å². The number of halogens is 1. The molecule has 0 saturated heterocycles. The van der Waals surface area contributed by atoms with Gasteiger partial charge < -0.3 is 10.4 Å². The Morgan fingerprint density at radius 3 is 2.33 bits per heavy atom. The fourth-order valence-electron chi connectivity index (χ4n) is 2.17. The van der Waals surface area contributed by atoms with E-state index in [1.165, 1.54) is 0 Å². The lowest BCUT2D eigenvalue weighted by molar-refractivity contribution is -0.141. The molecule has 2 aromatic carbocycles. The summed E-state index contributed by atoms with van der Waals surface area (Å²) in [4.78, 5) is 23.2. The second kappa shape index (κ2) is 8.06. The summed E-state index contributed by atoms with van der Waals surface area (Å²) in [5, 5.41) is 11.6. The standard InChI is InChI=1S/C19H18FNO3/c1-13-7-9-15(10-8-13)16(20)12-18(22)21-17(19(23)24)11-14-5-3-2-4-6-14/h2-10,12,17H,11H2,1H3,(H,21,22)(H,23,24)/t17-/m0/s1. The predicted octanol–water partition coefficient (Wildman–Crippen LogP) is 3.12. The summed E-state index contributed by atoms with van der Waals surface area (Å²) in [7, 11) is 0. The number of hydrogen-bond donors (Lipinski definition) is 2. The first-order chi connectivity index (χ1) is 11.5. The van der Waals surface area contributed by atoms with Crippen molar-refractivity contribution in [1.82, 2.24) is 5.32 Å². The number of rotatable bonds is 6. The Labute approximate surface area is 139 Å². The van der Waals surface area contributed by atoms with Gasteiger partial charge in [0.25, 0.3) is 0 Å². The molecule has 0 heterocycles. The molecule has 2 rings (SSSR count). The van der Waals surface area contributed by atoms with Crippen LogP contribution in [0.2, 0.25) is 0 Å². The lowest BCUT2D eigenvalue weighted by Gasteiger charge is -2.13. The van der Waals surface area contributed by atoms with Crippen LogP contribution in [-0.2, 0) is 16.0 Å². The minimum atomic E-state index is -1.17. The molecule has 0 bridgehead atoms. The summed E-state index contributed by atoms with van der Waals surface area (Å²) in [6.45, 7) is 1.87. The quantitative estimate of drug-likeness (QED) is 0.801. The second-order valence-electron chi connectivity index (χ2n) is 5.45. The zero-order valence-corrected chi connectivity index (χ0v) is 13.2. The molecule has 4 nitrogen and oxygen atoms in total. The van der Waals surface area contributed by atoms with E-state index < -0.39 is 23.7 Å².